The maximum Gasteiger partial charge on any atom is 0.239 e. The molecule has 0 atom stereocenters. The quantitative estimate of drug-likeness (QED) is 0.490. The summed E-state index contributed by atoms with van der Waals surface area (Å²) in [4.78, 5) is 0. The third kappa shape index (κ3) is 2.46. The van der Waals surface area contributed by atoms with E-state index in [2.05, 4.69) is 78.8 Å². The lowest BCUT2D eigenvalue weighted by molar-refractivity contribution is -0.720. The Morgan fingerprint density at radius 1 is 0.792 bits per heavy atom. The zero-order chi connectivity index (χ0) is 16.5. The Morgan fingerprint density at radius 2 is 1.62 bits per heavy atom. The SMILES string of the molecule is Cc1ccc(-c2cccc3ccccc23)cc1-c1cccn[n+]1C. The number of hydrogen-bond donors (Lipinski definition) is 0. The molecule has 0 unspecified atom stereocenters. The summed E-state index contributed by atoms with van der Waals surface area (Å²) in [5.41, 5.74) is 6.09. The van der Waals surface area contributed by atoms with Gasteiger partial charge in [0.2, 0.25) is 5.69 Å². The lowest BCUT2D eigenvalue weighted by atomic mass is 9.94. The average Bonchev–Trinajstić information content (AvgIpc) is 2.62. The number of benzene rings is 3. The van der Waals surface area contributed by atoms with Crippen molar-refractivity contribution in [2.75, 3.05) is 0 Å². The van der Waals surface area contributed by atoms with Gasteiger partial charge in [0.1, 0.15) is 0 Å². The Labute approximate surface area is 142 Å². The standard InChI is InChI=1S/C22H19N2/c1-16-12-13-18(15-21(16)22-11-6-14-23-24(22)2)20-10-5-8-17-7-3-4-9-19(17)20/h3-15H,1-2H3/q+1. The number of fused-ring (bicyclic) bond motifs is 1. The molecule has 0 N–H and O–H groups in total. The minimum atomic E-state index is 1.12. The first-order valence-corrected chi connectivity index (χ1v) is 8.14. The van der Waals surface area contributed by atoms with Gasteiger partial charge in [0.05, 0.1) is 11.8 Å². The molecule has 0 aliphatic heterocycles. The maximum atomic E-state index is 4.37. The molecule has 4 aromatic rings. The molecule has 0 bridgehead atoms. The van der Waals surface area contributed by atoms with Gasteiger partial charge < -0.3 is 0 Å². The molecule has 116 valence electrons. The van der Waals surface area contributed by atoms with Gasteiger partial charge >= 0.3 is 0 Å². The Hall–Kier alpha value is -3.00. The average molecular weight is 311 g/mol. The Bertz CT molecular complexity index is 1030. The van der Waals surface area contributed by atoms with E-state index in [0.29, 0.717) is 0 Å². The molecule has 0 fully saturated rings. The van der Waals surface area contributed by atoms with E-state index >= 15 is 0 Å². The summed E-state index contributed by atoms with van der Waals surface area (Å²) in [6.45, 7) is 2.15. The number of hydrogen-bond acceptors (Lipinski definition) is 1. The van der Waals surface area contributed by atoms with E-state index in [1.54, 1.807) is 0 Å². The fraction of sp³-hybridized carbons (Fsp3) is 0.0909. The highest BCUT2D eigenvalue weighted by Crippen LogP contribution is 2.32. The van der Waals surface area contributed by atoms with Crippen LogP contribution in [0.15, 0.2) is 79.0 Å². The first-order valence-electron chi connectivity index (χ1n) is 8.14. The highest BCUT2D eigenvalue weighted by atomic mass is 15.2. The fourth-order valence-electron chi connectivity index (χ4n) is 3.25. The molecular formula is C22H19N2+. The van der Waals surface area contributed by atoms with Crippen LogP contribution < -0.4 is 4.68 Å². The molecule has 2 heteroatoms. The fourth-order valence-corrected chi connectivity index (χ4v) is 3.25. The lowest BCUT2D eigenvalue weighted by Gasteiger charge is -2.10. The van der Waals surface area contributed by atoms with E-state index in [1.807, 2.05) is 24.0 Å². The Kier molecular flexibility index (Phi) is 3.58. The summed E-state index contributed by atoms with van der Waals surface area (Å²) in [5, 5.41) is 6.92. The van der Waals surface area contributed by atoms with E-state index in [-0.39, 0.29) is 0 Å². The van der Waals surface area contributed by atoms with Crippen LogP contribution in [-0.4, -0.2) is 5.10 Å². The van der Waals surface area contributed by atoms with Crippen LogP contribution in [-0.2, 0) is 7.05 Å². The van der Waals surface area contributed by atoms with Crippen molar-refractivity contribution in [1.29, 1.82) is 0 Å². The summed E-state index contributed by atoms with van der Waals surface area (Å²) in [6.07, 6.45) is 1.81. The van der Waals surface area contributed by atoms with Gasteiger partial charge in [-0.05, 0) is 51.6 Å². The van der Waals surface area contributed by atoms with Crippen LogP contribution in [0.3, 0.4) is 0 Å². The number of nitrogens with zero attached hydrogens (tertiary/aromatic N) is 2. The smallest absolute Gasteiger partial charge is 0.0865 e. The predicted octanol–water partition coefficient (Wildman–Crippen LogP) is 4.70. The van der Waals surface area contributed by atoms with Crippen molar-refractivity contribution in [3.8, 4) is 22.4 Å². The third-order valence-corrected chi connectivity index (χ3v) is 4.54. The van der Waals surface area contributed by atoms with Crippen molar-refractivity contribution in [3.05, 3.63) is 84.6 Å². The van der Waals surface area contributed by atoms with Gasteiger partial charge in [-0.25, -0.2) is 0 Å². The van der Waals surface area contributed by atoms with Gasteiger partial charge in [0, 0.05) is 6.07 Å². The van der Waals surface area contributed by atoms with Gasteiger partial charge in [0.15, 0.2) is 7.05 Å². The number of aryl methyl sites for hydroxylation is 2. The van der Waals surface area contributed by atoms with Crippen molar-refractivity contribution in [2.24, 2.45) is 7.05 Å². The zero-order valence-corrected chi connectivity index (χ0v) is 13.9. The molecule has 0 saturated heterocycles. The molecule has 24 heavy (non-hydrogen) atoms. The highest BCUT2D eigenvalue weighted by molar-refractivity contribution is 5.97. The second kappa shape index (κ2) is 5.89. The van der Waals surface area contributed by atoms with E-state index in [4.69, 9.17) is 0 Å². The lowest BCUT2D eigenvalue weighted by Crippen LogP contribution is -2.35. The summed E-state index contributed by atoms with van der Waals surface area (Å²) in [7, 11) is 1.99. The monoisotopic (exact) mass is 311 g/mol. The third-order valence-electron chi connectivity index (χ3n) is 4.54. The van der Waals surface area contributed by atoms with Gasteiger partial charge in [0.25, 0.3) is 0 Å². The topological polar surface area (TPSA) is 16.8 Å². The Morgan fingerprint density at radius 3 is 2.50 bits per heavy atom. The molecule has 0 radical (unpaired) electrons. The second-order valence-electron chi connectivity index (χ2n) is 6.09. The minimum absolute atomic E-state index is 1.12. The Balaban J connectivity index is 1.94. The van der Waals surface area contributed by atoms with Crippen LogP contribution in [0.25, 0.3) is 33.2 Å². The van der Waals surface area contributed by atoms with Crippen molar-refractivity contribution in [2.45, 2.75) is 6.92 Å². The molecule has 0 spiro atoms. The van der Waals surface area contributed by atoms with Gasteiger partial charge in [-0.1, -0.05) is 59.3 Å². The van der Waals surface area contributed by atoms with Crippen LogP contribution in [0.5, 0.6) is 0 Å². The van der Waals surface area contributed by atoms with Gasteiger partial charge in [-0.2, -0.15) is 0 Å². The maximum absolute atomic E-state index is 4.37. The predicted molar refractivity (Wildman–Crippen MR) is 98.5 cm³/mol. The second-order valence-corrected chi connectivity index (χ2v) is 6.09. The normalized spacial score (nSPS) is 10.9. The summed E-state index contributed by atoms with van der Waals surface area (Å²) in [6, 6.07) is 25.8. The molecule has 2 nitrogen and oxygen atoms in total. The largest absolute Gasteiger partial charge is 0.239 e. The summed E-state index contributed by atoms with van der Waals surface area (Å²) < 4.78 is 1.93. The molecular weight excluding hydrogens is 292 g/mol. The first kappa shape index (κ1) is 14.6. The molecule has 0 aliphatic rings. The number of aromatic nitrogens is 2. The molecule has 0 aliphatic carbocycles. The molecule has 1 heterocycles. The first-order chi connectivity index (χ1) is 11.7. The molecule has 4 rings (SSSR count). The molecule has 3 aromatic carbocycles. The van der Waals surface area contributed by atoms with E-state index in [9.17, 15) is 0 Å². The molecule has 0 saturated carbocycles. The van der Waals surface area contributed by atoms with Crippen LogP contribution in [0.4, 0.5) is 0 Å². The van der Waals surface area contributed by atoms with E-state index in [1.165, 1.54) is 33.0 Å². The molecule has 0 amide bonds. The summed E-state index contributed by atoms with van der Waals surface area (Å²) >= 11 is 0. The van der Waals surface area contributed by atoms with Crippen LogP contribution in [0.2, 0.25) is 0 Å². The number of rotatable bonds is 2. The van der Waals surface area contributed by atoms with Crippen LogP contribution in [0, 0.1) is 6.92 Å². The van der Waals surface area contributed by atoms with Crippen molar-refractivity contribution < 1.29 is 4.68 Å². The van der Waals surface area contributed by atoms with Crippen molar-refractivity contribution in [1.82, 2.24) is 5.10 Å². The highest BCUT2D eigenvalue weighted by Gasteiger charge is 2.14. The van der Waals surface area contributed by atoms with Crippen LogP contribution >= 0.6 is 0 Å². The minimum Gasteiger partial charge on any atom is -0.0865 e. The van der Waals surface area contributed by atoms with Gasteiger partial charge in [-0.3, -0.25) is 0 Å². The van der Waals surface area contributed by atoms with E-state index in [0.717, 1.165) is 5.69 Å². The zero-order valence-electron chi connectivity index (χ0n) is 13.9. The van der Waals surface area contributed by atoms with Crippen LogP contribution in [0.1, 0.15) is 5.56 Å². The van der Waals surface area contributed by atoms with E-state index < -0.39 is 0 Å². The van der Waals surface area contributed by atoms with Crippen molar-refractivity contribution >= 4 is 10.8 Å². The molecule has 1 aromatic heterocycles. The van der Waals surface area contributed by atoms with Crippen molar-refractivity contribution in [3.63, 3.8) is 0 Å². The summed E-state index contributed by atoms with van der Waals surface area (Å²) in [5.74, 6) is 0. The van der Waals surface area contributed by atoms with Gasteiger partial charge in [-0.15, -0.1) is 0 Å².